The molecule has 7 heteroatoms. The van der Waals surface area contributed by atoms with E-state index in [4.69, 9.17) is 0 Å². The lowest BCUT2D eigenvalue weighted by Crippen LogP contribution is -2.40. The number of nitrogens with zero attached hydrogens (tertiary/aromatic N) is 1. The van der Waals surface area contributed by atoms with Gasteiger partial charge in [-0.25, -0.2) is 0 Å². The molecule has 0 aromatic heterocycles. The molecule has 0 bridgehead atoms. The number of Topliss-reactive ketones (excluding diaryl/α,β-unsaturated/α-hetero) is 1. The third kappa shape index (κ3) is 3.50. The van der Waals surface area contributed by atoms with Crippen molar-refractivity contribution in [3.05, 3.63) is 39.9 Å². The van der Waals surface area contributed by atoms with E-state index in [1.807, 2.05) is 0 Å². The van der Waals surface area contributed by atoms with E-state index in [-0.39, 0.29) is 17.0 Å². The van der Waals surface area contributed by atoms with Crippen LogP contribution in [0.3, 0.4) is 0 Å². The Labute approximate surface area is 120 Å². The van der Waals surface area contributed by atoms with Gasteiger partial charge in [0, 0.05) is 24.1 Å². The minimum absolute atomic E-state index is 0.0146. The Balaban J connectivity index is 2.07. The summed E-state index contributed by atoms with van der Waals surface area (Å²) in [6.45, 7) is 0. The number of nitro benzene ring substituents is 1. The summed E-state index contributed by atoms with van der Waals surface area (Å²) in [5.41, 5.74) is -0.218. The van der Waals surface area contributed by atoms with Crippen LogP contribution in [-0.2, 0) is 9.59 Å². The molecule has 110 valence electrons. The number of non-ortho nitro benzene ring substituents is 1. The average molecular weight is 290 g/mol. The van der Waals surface area contributed by atoms with E-state index in [9.17, 15) is 24.5 Å². The van der Waals surface area contributed by atoms with Crippen LogP contribution in [0.15, 0.2) is 24.3 Å². The maximum absolute atomic E-state index is 11.9. The van der Waals surface area contributed by atoms with Crippen LogP contribution < -0.4 is 5.32 Å². The quantitative estimate of drug-likeness (QED) is 0.394. The van der Waals surface area contributed by atoms with E-state index < -0.39 is 22.7 Å². The van der Waals surface area contributed by atoms with E-state index in [2.05, 4.69) is 5.32 Å². The predicted octanol–water partition coefficient (Wildman–Crippen LogP) is 1.61. The third-order valence-corrected chi connectivity index (χ3v) is 3.43. The van der Waals surface area contributed by atoms with Crippen molar-refractivity contribution in [3.8, 4) is 0 Å². The molecule has 7 nitrogen and oxygen atoms in total. The van der Waals surface area contributed by atoms with Crippen molar-refractivity contribution in [2.45, 2.75) is 25.7 Å². The zero-order valence-electron chi connectivity index (χ0n) is 11.2. The van der Waals surface area contributed by atoms with E-state index in [0.717, 1.165) is 18.9 Å². The van der Waals surface area contributed by atoms with Gasteiger partial charge < -0.3 is 0 Å². The first-order chi connectivity index (χ1) is 9.99. The number of carbonyl (C=O) groups is 3. The lowest BCUT2D eigenvalue weighted by atomic mass is 9.87. The molecule has 0 heterocycles. The van der Waals surface area contributed by atoms with Crippen molar-refractivity contribution in [2.75, 3.05) is 0 Å². The summed E-state index contributed by atoms with van der Waals surface area (Å²) in [5.74, 6) is -2.31. The molecule has 1 aliphatic rings. The van der Waals surface area contributed by atoms with Gasteiger partial charge in [-0.3, -0.25) is 29.8 Å². The lowest BCUT2D eigenvalue weighted by Gasteiger charge is -2.19. The molecule has 0 radical (unpaired) electrons. The molecule has 1 aromatic rings. The molecule has 1 saturated carbocycles. The summed E-state index contributed by atoms with van der Waals surface area (Å²) in [6.07, 6.45) is 2.33. The van der Waals surface area contributed by atoms with Crippen molar-refractivity contribution in [1.82, 2.24) is 5.32 Å². The number of hydrogen-bond acceptors (Lipinski definition) is 5. The predicted molar refractivity (Wildman–Crippen MR) is 72.5 cm³/mol. The number of ketones is 1. The van der Waals surface area contributed by atoms with Gasteiger partial charge in [-0.2, -0.15) is 0 Å². The second kappa shape index (κ2) is 6.25. The van der Waals surface area contributed by atoms with Gasteiger partial charge in [0.2, 0.25) is 5.91 Å². The number of hydrogen-bond donors (Lipinski definition) is 1. The molecular formula is C14H14N2O5. The van der Waals surface area contributed by atoms with Crippen LogP contribution >= 0.6 is 0 Å². The zero-order valence-corrected chi connectivity index (χ0v) is 11.2. The standard InChI is InChI=1S/C14H14N2O5/c17-12-7-2-1-6-11(12)14(19)15-13(18)9-4-3-5-10(8-9)16(20)21/h3-5,8,11H,1-2,6-7H2,(H,15,18,19)/t11-/m1/s1. The highest BCUT2D eigenvalue weighted by Crippen LogP contribution is 2.21. The highest BCUT2D eigenvalue weighted by Gasteiger charge is 2.30. The van der Waals surface area contributed by atoms with Crippen molar-refractivity contribution in [1.29, 1.82) is 0 Å². The maximum atomic E-state index is 11.9. The van der Waals surface area contributed by atoms with Crippen LogP contribution in [-0.4, -0.2) is 22.5 Å². The second-order valence-electron chi connectivity index (χ2n) is 4.89. The van der Waals surface area contributed by atoms with E-state index in [0.29, 0.717) is 12.8 Å². The summed E-state index contributed by atoms with van der Waals surface area (Å²) in [4.78, 5) is 45.5. The minimum Gasteiger partial charge on any atom is -0.299 e. The van der Waals surface area contributed by atoms with Gasteiger partial charge in [0.1, 0.15) is 5.78 Å². The molecule has 1 fully saturated rings. The summed E-state index contributed by atoms with van der Waals surface area (Å²) >= 11 is 0. The maximum Gasteiger partial charge on any atom is 0.270 e. The van der Waals surface area contributed by atoms with Gasteiger partial charge in [-0.05, 0) is 18.9 Å². The number of imide groups is 1. The Hall–Kier alpha value is -2.57. The van der Waals surface area contributed by atoms with Crippen LogP contribution in [0.2, 0.25) is 0 Å². The van der Waals surface area contributed by atoms with Crippen LogP contribution in [0.5, 0.6) is 0 Å². The average Bonchev–Trinajstić information content (AvgIpc) is 2.47. The Morgan fingerprint density at radius 2 is 2.05 bits per heavy atom. The Kier molecular flexibility index (Phi) is 4.42. The van der Waals surface area contributed by atoms with E-state index in [1.165, 1.54) is 18.2 Å². The molecule has 0 spiro atoms. The Bertz CT molecular complexity index is 611. The molecule has 0 unspecified atom stereocenters. The largest absolute Gasteiger partial charge is 0.299 e. The van der Waals surface area contributed by atoms with Crippen molar-refractivity contribution < 1.29 is 19.3 Å². The molecule has 1 aliphatic carbocycles. The smallest absolute Gasteiger partial charge is 0.270 e. The zero-order chi connectivity index (χ0) is 15.4. The second-order valence-corrected chi connectivity index (χ2v) is 4.89. The van der Waals surface area contributed by atoms with Crippen molar-refractivity contribution >= 4 is 23.3 Å². The monoisotopic (exact) mass is 290 g/mol. The highest BCUT2D eigenvalue weighted by molar-refractivity contribution is 6.11. The molecule has 2 rings (SSSR count). The number of benzene rings is 1. The highest BCUT2D eigenvalue weighted by atomic mass is 16.6. The molecule has 21 heavy (non-hydrogen) atoms. The van der Waals surface area contributed by atoms with Gasteiger partial charge in [0.25, 0.3) is 11.6 Å². The molecule has 0 saturated heterocycles. The first-order valence-corrected chi connectivity index (χ1v) is 6.61. The van der Waals surface area contributed by atoms with E-state index in [1.54, 1.807) is 0 Å². The Morgan fingerprint density at radius 3 is 2.71 bits per heavy atom. The SMILES string of the molecule is O=C(NC(=O)[C@@H]1CCCCC1=O)c1cccc([N+](=O)[O-])c1. The fraction of sp³-hybridized carbons (Fsp3) is 0.357. The minimum atomic E-state index is -0.790. The fourth-order valence-corrected chi connectivity index (χ4v) is 2.29. The number of amides is 2. The first-order valence-electron chi connectivity index (χ1n) is 6.61. The van der Waals surface area contributed by atoms with Crippen LogP contribution in [0.4, 0.5) is 5.69 Å². The normalized spacial score (nSPS) is 18.1. The van der Waals surface area contributed by atoms with Crippen molar-refractivity contribution in [2.24, 2.45) is 5.92 Å². The van der Waals surface area contributed by atoms with Gasteiger partial charge in [0.05, 0.1) is 10.8 Å². The molecule has 1 N–H and O–H groups in total. The lowest BCUT2D eigenvalue weighted by molar-refractivity contribution is -0.384. The van der Waals surface area contributed by atoms with Gasteiger partial charge in [-0.15, -0.1) is 0 Å². The van der Waals surface area contributed by atoms with Crippen molar-refractivity contribution in [3.63, 3.8) is 0 Å². The van der Waals surface area contributed by atoms with Crippen LogP contribution in [0.1, 0.15) is 36.0 Å². The number of rotatable bonds is 3. The number of nitrogens with one attached hydrogen (secondary N) is 1. The molecule has 0 aliphatic heterocycles. The molecule has 1 aromatic carbocycles. The fourth-order valence-electron chi connectivity index (χ4n) is 2.29. The topological polar surface area (TPSA) is 106 Å². The summed E-state index contributed by atoms with van der Waals surface area (Å²) in [7, 11) is 0. The van der Waals surface area contributed by atoms with Gasteiger partial charge in [-0.1, -0.05) is 12.5 Å². The summed E-state index contributed by atoms with van der Waals surface area (Å²) in [6, 6.07) is 5.08. The third-order valence-electron chi connectivity index (χ3n) is 3.43. The van der Waals surface area contributed by atoms with Crippen LogP contribution in [0.25, 0.3) is 0 Å². The molecule has 1 atom stereocenters. The summed E-state index contributed by atoms with van der Waals surface area (Å²) < 4.78 is 0. The number of nitro groups is 1. The first kappa shape index (κ1) is 14.8. The molecular weight excluding hydrogens is 276 g/mol. The van der Waals surface area contributed by atoms with E-state index >= 15 is 0 Å². The number of carbonyl (C=O) groups excluding carboxylic acids is 3. The van der Waals surface area contributed by atoms with Gasteiger partial charge in [0.15, 0.2) is 0 Å². The van der Waals surface area contributed by atoms with Crippen LogP contribution in [0, 0.1) is 16.0 Å². The molecule has 2 amide bonds. The Morgan fingerprint density at radius 1 is 1.29 bits per heavy atom. The van der Waals surface area contributed by atoms with Gasteiger partial charge >= 0.3 is 0 Å². The summed E-state index contributed by atoms with van der Waals surface area (Å²) in [5, 5.41) is 12.8.